The summed E-state index contributed by atoms with van der Waals surface area (Å²) in [4.78, 5) is 23.7. The molecule has 1 aromatic rings. The van der Waals surface area contributed by atoms with Crippen molar-refractivity contribution in [1.82, 2.24) is 0 Å². The molecule has 138 valence electrons. The topological polar surface area (TPSA) is 77.3 Å². The summed E-state index contributed by atoms with van der Waals surface area (Å²) < 4.78 is 10.7. The molecule has 0 unspecified atom stereocenters. The first-order chi connectivity index (χ1) is 11.7. The largest absolute Gasteiger partial charge is 0.500 e. The molecule has 7 heteroatoms. The average Bonchev–Trinajstić information content (AvgIpc) is 2.55. The summed E-state index contributed by atoms with van der Waals surface area (Å²) in [6.45, 7) is 12.4. The first kappa shape index (κ1) is 21.0. The van der Waals surface area contributed by atoms with Crippen molar-refractivity contribution in [2.75, 3.05) is 0 Å². The number of benzene rings is 1. The van der Waals surface area contributed by atoms with Gasteiger partial charge in [0, 0.05) is 0 Å². The van der Waals surface area contributed by atoms with Crippen LogP contribution in [0, 0.1) is 0 Å². The van der Waals surface area contributed by atoms with Crippen molar-refractivity contribution < 1.29 is 18.8 Å². The maximum absolute atomic E-state index is 12.1. The summed E-state index contributed by atoms with van der Waals surface area (Å²) in [6.07, 6.45) is -1.73. The Morgan fingerprint density at radius 3 is 1.84 bits per heavy atom. The first-order valence-corrected chi connectivity index (χ1v) is 10.7. The zero-order valence-electron chi connectivity index (χ0n) is 15.9. The molecule has 0 bridgehead atoms. The van der Waals surface area contributed by atoms with Crippen LogP contribution in [-0.2, 0) is 15.8 Å². The van der Waals surface area contributed by atoms with Crippen LogP contribution in [-0.4, -0.2) is 20.5 Å². The molecule has 0 saturated heterocycles. The molecular formula is C18H28N2O4Si. The second-order valence-corrected chi connectivity index (χ2v) is 12.3. The van der Waals surface area contributed by atoms with E-state index in [-0.39, 0.29) is 23.2 Å². The average molecular weight is 365 g/mol. The lowest BCUT2D eigenvalue weighted by Gasteiger charge is -2.40. The molecule has 0 spiro atoms. The Balaban J connectivity index is 2.67. The van der Waals surface area contributed by atoms with Crippen molar-refractivity contribution in [1.29, 1.82) is 0 Å². The zero-order valence-corrected chi connectivity index (χ0v) is 16.9. The molecule has 0 heterocycles. The maximum atomic E-state index is 12.1. The molecule has 0 aliphatic heterocycles. The molecular weight excluding hydrogens is 336 g/mol. The summed E-state index contributed by atoms with van der Waals surface area (Å²) in [6, 6.07) is 9.21. The van der Waals surface area contributed by atoms with E-state index in [0.717, 1.165) is 5.56 Å². The molecule has 25 heavy (non-hydrogen) atoms. The standard InChI is InChI=1S/C18H28N2O4Si/c1-13(2)25(14(3)4,15(5)6)24-18(22)20-19-17(21)23-12-16-10-8-7-9-11-16/h7-11,13-15H,12H2,1-6H3. The third-order valence-electron chi connectivity index (χ3n) is 4.39. The van der Waals surface area contributed by atoms with Crippen LogP contribution < -0.4 is 0 Å². The van der Waals surface area contributed by atoms with Crippen molar-refractivity contribution >= 4 is 20.5 Å². The number of azo groups is 1. The molecule has 0 saturated carbocycles. The van der Waals surface area contributed by atoms with Gasteiger partial charge in [-0.25, -0.2) is 9.59 Å². The van der Waals surface area contributed by atoms with Gasteiger partial charge in [0.2, 0.25) is 0 Å². The fraction of sp³-hybridized carbons (Fsp3) is 0.556. The molecule has 0 fully saturated rings. The molecule has 1 aromatic carbocycles. The van der Waals surface area contributed by atoms with Gasteiger partial charge in [-0.2, -0.15) is 0 Å². The van der Waals surface area contributed by atoms with Gasteiger partial charge in [0.05, 0.1) is 0 Å². The Kier molecular flexibility index (Phi) is 7.95. The fourth-order valence-corrected chi connectivity index (χ4v) is 8.41. The van der Waals surface area contributed by atoms with Crippen molar-refractivity contribution in [3.63, 3.8) is 0 Å². The third-order valence-corrected chi connectivity index (χ3v) is 10.3. The van der Waals surface area contributed by atoms with Crippen molar-refractivity contribution in [3.8, 4) is 0 Å². The summed E-state index contributed by atoms with van der Waals surface area (Å²) in [5.74, 6) is 0. The quantitative estimate of drug-likeness (QED) is 0.452. The van der Waals surface area contributed by atoms with E-state index in [1.807, 2.05) is 30.3 Å². The smallest absolute Gasteiger partial charge is 0.452 e. The van der Waals surface area contributed by atoms with Crippen LogP contribution in [0.25, 0.3) is 0 Å². The number of carbonyl (C=O) groups excluding carboxylic acids is 2. The minimum absolute atomic E-state index is 0.0798. The van der Waals surface area contributed by atoms with E-state index < -0.39 is 20.5 Å². The number of hydrogen-bond acceptors (Lipinski definition) is 4. The Morgan fingerprint density at radius 2 is 1.36 bits per heavy atom. The van der Waals surface area contributed by atoms with E-state index in [0.29, 0.717) is 0 Å². The van der Waals surface area contributed by atoms with Gasteiger partial charge in [-0.05, 0) is 22.2 Å². The number of amides is 2. The van der Waals surface area contributed by atoms with Gasteiger partial charge < -0.3 is 9.16 Å². The summed E-state index contributed by atoms with van der Waals surface area (Å²) >= 11 is 0. The van der Waals surface area contributed by atoms with Crippen LogP contribution in [0.3, 0.4) is 0 Å². The molecule has 0 aromatic heterocycles. The number of nitrogens with zero attached hydrogens (tertiary/aromatic N) is 2. The molecule has 0 radical (unpaired) electrons. The van der Waals surface area contributed by atoms with Crippen LogP contribution in [0.5, 0.6) is 0 Å². The normalized spacial score (nSPS) is 12.2. The van der Waals surface area contributed by atoms with Gasteiger partial charge in [0.25, 0.3) is 8.32 Å². The molecule has 1 rings (SSSR count). The Morgan fingerprint density at radius 1 is 0.880 bits per heavy atom. The molecule has 0 N–H and O–H groups in total. The lowest BCUT2D eigenvalue weighted by atomic mass is 10.2. The van der Waals surface area contributed by atoms with E-state index in [4.69, 9.17) is 9.16 Å². The van der Waals surface area contributed by atoms with E-state index >= 15 is 0 Å². The van der Waals surface area contributed by atoms with E-state index in [1.165, 1.54) is 0 Å². The number of ether oxygens (including phenoxy) is 1. The molecule has 0 atom stereocenters. The van der Waals surface area contributed by atoms with Gasteiger partial charge in [-0.1, -0.05) is 82.1 Å². The van der Waals surface area contributed by atoms with Crippen LogP contribution in [0.4, 0.5) is 9.59 Å². The van der Waals surface area contributed by atoms with Gasteiger partial charge in [0.15, 0.2) is 0 Å². The minimum Gasteiger partial charge on any atom is -0.500 e. The molecule has 2 amide bonds. The van der Waals surface area contributed by atoms with Gasteiger partial charge in [-0.15, -0.1) is 0 Å². The maximum Gasteiger partial charge on any atom is 0.452 e. The van der Waals surface area contributed by atoms with Crippen LogP contribution in [0.15, 0.2) is 40.6 Å². The Labute approximate surface area is 150 Å². The third kappa shape index (κ3) is 5.77. The zero-order chi connectivity index (χ0) is 19.0. The van der Waals surface area contributed by atoms with E-state index in [9.17, 15) is 9.59 Å². The highest BCUT2D eigenvalue weighted by Gasteiger charge is 2.48. The van der Waals surface area contributed by atoms with Crippen molar-refractivity contribution in [3.05, 3.63) is 35.9 Å². The fourth-order valence-electron chi connectivity index (χ4n) is 3.36. The summed E-state index contributed by atoms with van der Waals surface area (Å²) in [5, 5.41) is 6.71. The summed E-state index contributed by atoms with van der Waals surface area (Å²) in [5.41, 5.74) is 1.53. The number of rotatable bonds is 6. The number of carbonyl (C=O) groups is 2. The second kappa shape index (κ2) is 9.46. The highest BCUT2D eigenvalue weighted by molar-refractivity contribution is 6.78. The predicted molar refractivity (Wildman–Crippen MR) is 99.0 cm³/mol. The van der Waals surface area contributed by atoms with Crippen LogP contribution in [0.2, 0.25) is 16.6 Å². The predicted octanol–water partition coefficient (Wildman–Crippen LogP) is 6.09. The van der Waals surface area contributed by atoms with E-state index in [1.54, 1.807) is 0 Å². The van der Waals surface area contributed by atoms with Gasteiger partial charge in [-0.3, -0.25) is 0 Å². The highest BCUT2D eigenvalue weighted by Crippen LogP contribution is 2.42. The molecule has 6 nitrogen and oxygen atoms in total. The number of hydrogen-bond donors (Lipinski definition) is 0. The van der Waals surface area contributed by atoms with Crippen LogP contribution in [0.1, 0.15) is 47.1 Å². The van der Waals surface area contributed by atoms with Crippen molar-refractivity contribution in [2.45, 2.75) is 64.8 Å². The van der Waals surface area contributed by atoms with Gasteiger partial charge in [0.1, 0.15) is 6.61 Å². The van der Waals surface area contributed by atoms with Crippen molar-refractivity contribution in [2.24, 2.45) is 10.2 Å². The van der Waals surface area contributed by atoms with Gasteiger partial charge >= 0.3 is 12.2 Å². The molecule has 0 aliphatic rings. The summed E-state index contributed by atoms with van der Waals surface area (Å²) in [7, 11) is -2.39. The first-order valence-electron chi connectivity index (χ1n) is 8.55. The highest BCUT2D eigenvalue weighted by atomic mass is 28.4. The Hall–Kier alpha value is -2.02. The Bertz CT molecular complexity index is 579. The molecule has 0 aliphatic carbocycles. The van der Waals surface area contributed by atoms with E-state index in [2.05, 4.69) is 51.8 Å². The van der Waals surface area contributed by atoms with Crippen LogP contribution >= 0.6 is 0 Å². The lowest BCUT2D eigenvalue weighted by Crippen LogP contribution is -2.48. The second-order valence-electron chi connectivity index (χ2n) is 6.93. The minimum atomic E-state index is -2.39. The SMILES string of the molecule is CC(C)[Si](OC(=O)N=NC(=O)OCc1ccccc1)(C(C)C)C(C)C. The lowest BCUT2D eigenvalue weighted by molar-refractivity contribution is 0.147. The monoisotopic (exact) mass is 364 g/mol.